The van der Waals surface area contributed by atoms with Crippen LogP contribution in [0.15, 0.2) is 4.99 Å². The number of carbonyl (C=O) groups excluding carboxylic acids is 1. The van der Waals surface area contributed by atoms with Crippen LogP contribution < -0.4 is 10.6 Å². The smallest absolute Gasteiger partial charge is 0.243 e. The molecule has 0 radical (unpaired) electrons. The Balaban J connectivity index is 0.00000338. The van der Waals surface area contributed by atoms with Crippen molar-refractivity contribution in [2.75, 3.05) is 47.4 Å². The van der Waals surface area contributed by atoms with Gasteiger partial charge in [-0.05, 0) is 25.7 Å². The summed E-state index contributed by atoms with van der Waals surface area (Å²) in [7, 11) is 5.12. The van der Waals surface area contributed by atoms with Crippen molar-refractivity contribution >= 4 is 47.2 Å². The van der Waals surface area contributed by atoms with Gasteiger partial charge >= 0.3 is 0 Å². The molecule has 1 aromatic heterocycles. The molecular formula is C17H30IN5O2S. The van der Waals surface area contributed by atoms with Gasteiger partial charge in [-0.25, -0.2) is 9.98 Å². The lowest BCUT2D eigenvalue weighted by Crippen LogP contribution is -2.40. The fourth-order valence-electron chi connectivity index (χ4n) is 2.53. The van der Waals surface area contributed by atoms with E-state index >= 15 is 0 Å². The predicted molar refractivity (Wildman–Crippen MR) is 117 cm³/mol. The molecule has 2 N–H and O–H groups in total. The summed E-state index contributed by atoms with van der Waals surface area (Å²) in [4.78, 5) is 23.8. The number of ether oxygens (including phenoxy) is 1. The lowest BCUT2D eigenvalue weighted by Gasteiger charge is -2.13. The van der Waals surface area contributed by atoms with Crippen LogP contribution in [0.2, 0.25) is 0 Å². The summed E-state index contributed by atoms with van der Waals surface area (Å²) in [6, 6.07) is 0. The molecule has 1 amide bonds. The van der Waals surface area contributed by atoms with Crippen LogP contribution in [0.1, 0.15) is 28.4 Å². The summed E-state index contributed by atoms with van der Waals surface area (Å²) in [5.41, 5.74) is 1.30. The van der Waals surface area contributed by atoms with E-state index in [0.29, 0.717) is 19.1 Å². The van der Waals surface area contributed by atoms with Crippen molar-refractivity contribution in [3.63, 3.8) is 0 Å². The molecule has 7 nitrogen and oxygen atoms in total. The van der Waals surface area contributed by atoms with Crippen LogP contribution in [-0.4, -0.2) is 69.2 Å². The quantitative estimate of drug-likeness (QED) is 0.247. The van der Waals surface area contributed by atoms with Crippen molar-refractivity contribution in [3.05, 3.63) is 15.6 Å². The van der Waals surface area contributed by atoms with E-state index in [4.69, 9.17) is 9.72 Å². The molecule has 148 valence electrons. The molecule has 1 aliphatic carbocycles. The molecule has 0 fully saturated rings. The number of aromatic nitrogens is 1. The summed E-state index contributed by atoms with van der Waals surface area (Å²) < 4.78 is 5.05. The number of hydrogen-bond acceptors (Lipinski definition) is 5. The standard InChI is InChI=1S/C17H29N5O2S.HI/c1-22(2)16(23)12-20-17(19-10-11-24-3)18-9-8-15-21-13-6-4-5-7-14(13)25-15;/h4-12H2,1-3H3,(H2,18,19,20);1H. The lowest BCUT2D eigenvalue weighted by atomic mass is 10.0. The van der Waals surface area contributed by atoms with Gasteiger partial charge in [-0.15, -0.1) is 35.3 Å². The Morgan fingerprint density at radius 1 is 1.27 bits per heavy atom. The second-order valence-corrected chi connectivity index (χ2v) is 7.40. The first-order valence-electron chi connectivity index (χ1n) is 8.79. The number of aliphatic imine (C=N–C) groups is 1. The Hall–Kier alpha value is -0.940. The van der Waals surface area contributed by atoms with Crippen LogP contribution in [0, 0.1) is 0 Å². The van der Waals surface area contributed by atoms with Crippen molar-refractivity contribution in [1.29, 1.82) is 0 Å². The molecule has 0 unspecified atom stereocenters. The van der Waals surface area contributed by atoms with Gasteiger partial charge in [0.1, 0.15) is 6.54 Å². The molecule has 0 saturated heterocycles. The number of nitrogens with one attached hydrogen (secondary N) is 2. The number of thiazole rings is 1. The Labute approximate surface area is 177 Å². The fraction of sp³-hybridized carbons (Fsp3) is 0.706. The van der Waals surface area contributed by atoms with Gasteiger partial charge < -0.3 is 20.3 Å². The number of methoxy groups -OCH3 is 1. The average molecular weight is 495 g/mol. The number of hydrogen-bond donors (Lipinski definition) is 2. The second kappa shape index (κ2) is 12.4. The molecule has 1 aliphatic rings. The first-order valence-corrected chi connectivity index (χ1v) is 9.60. The second-order valence-electron chi connectivity index (χ2n) is 6.23. The maximum Gasteiger partial charge on any atom is 0.243 e. The van der Waals surface area contributed by atoms with Gasteiger partial charge in [-0.3, -0.25) is 4.79 Å². The summed E-state index contributed by atoms with van der Waals surface area (Å²) >= 11 is 1.84. The maximum atomic E-state index is 11.7. The Morgan fingerprint density at radius 2 is 2.00 bits per heavy atom. The van der Waals surface area contributed by atoms with E-state index < -0.39 is 0 Å². The van der Waals surface area contributed by atoms with E-state index in [2.05, 4.69) is 15.6 Å². The first kappa shape index (κ1) is 23.1. The van der Waals surface area contributed by atoms with E-state index in [1.807, 2.05) is 11.3 Å². The third-order valence-corrected chi connectivity index (χ3v) is 5.21. The van der Waals surface area contributed by atoms with Gasteiger partial charge in [-0.1, -0.05) is 0 Å². The normalized spacial score (nSPS) is 13.6. The Bertz CT molecular complexity index is 568. The highest BCUT2D eigenvalue weighted by atomic mass is 127. The molecule has 2 rings (SSSR count). The number of guanidine groups is 1. The van der Waals surface area contributed by atoms with Crippen LogP contribution >= 0.6 is 35.3 Å². The van der Waals surface area contributed by atoms with Gasteiger partial charge in [0.05, 0.1) is 17.3 Å². The van der Waals surface area contributed by atoms with E-state index in [1.165, 1.54) is 39.7 Å². The maximum absolute atomic E-state index is 11.7. The van der Waals surface area contributed by atoms with Crippen molar-refractivity contribution < 1.29 is 9.53 Å². The minimum absolute atomic E-state index is 0. The zero-order valence-corrected chi connectivity index (χ0v) is 19.0. The van der Waals surface area contributed by atoms with Crippen LogP contribution in [0.25, 0.3) is 0 Å². The summed E-state index contributed by atoms with van der Waals surface area (Å²) in [5, 5.41) is 7.64. The average Bonchev–Trinajstić information content (AvgIpc) is 3.01. The zero-order chi connectivity index (χ0) is 18.1. The summed E-state index contributed by atoms with van der Waals surface area (Å²) in [5.74, 6) is 0.606. The van der Waals surface area contributed by atoms with Crippen LogP contribution in [0.4, 0.5) is 0 Å². The molecule has 26 heavy (non-hydrogen) atoms. The first-order chi connectivity index (χ1) is 12.1. The number of halogens is 1. The number of amides is 1. The van der Waals surface area contributed by atoms with Crippen molar-refractivity contribution in [2.24, 2.45) is 4.99 Å². The van der Waals surface area contributed by atoms with E-state index in [-0.39, 0.29) is 36.4 Å². The molecule has 1 aromatic rings. The van der Waals surface area contributed by atoms with Gasteiger partial charge in [0.25, 0.3) is 0 Å². The Kier molecular flexibility index (Phi) is 11.1. The highest BCUT2D eigenvalue weighted by Gasteiger charge is 2.14. The van der Waals surface area contributed by atoms with E-state index in [1.54, 1.807) is 21.2 Å². The van der Waals surface area contributed by atoms with Gasteiger partial charge in [0.15, 0.2) is 5.96 Å². The van der Waals surface area contributed by atoms with Crippen molar-refractivity contribution in [3.8, 4) is 0 Å². The zero-order valence-electron chi connectivity index (χ0n) is 15.8. The Morgan fingerprint density at radius 3 is 2.69 bits per heavy atom. The third kappa shape index (κ3) is 7.75. The van der Waals surface area contributed by atoms with Crippen molar-refractivity contribution in [2.45, 2.75) is 32.1 Å². The fourth-order valence-corrected chi connectivity index (χ4v) is 3.69. The summed E-state index contributed by atoms with van der Waals surface area (Å²) in [6.07, 6.45) is 5.71. The molecule has 1 heterocycles. The molecule has 0 bridgehead atoms. The largest absolute Gasteiger partial charge is 0.383 e. The molecule has 9 heteroatoms. The predicted octanol–water partition coefficient (Wildman–Crippen LogP) is 1.45. The lowest BCUT2D eigenvalue weighted by molar-refractivity contribution is -0.127. The minimum Gasteiger partial charge on any atom is -0.383 e. The SMILES string of the molecule is COCCNC(=NCC(=O)N(C)C)NCCc1nc2c(s1)CCCC2.I. The number of carbonyl (C=O) groups is 1. The van der Waals surface area contributed by atoms with Gasteiger partial charge in [0.2, 0.25) is 5.91 Å². The van der Waals surface area contributed by atoms with Crippen LogP contribution in [-0.2, 0) is 28.8 Å². The molecule has 0 aromatic carbocycles. The highest BCUT2D eigenvalue weighted by molar-refractivity contribution is 14.0. The van der Waals surface area contributed by atoms with E-state index in [9.17, 15) is 4.79 Å². The number of rotatable bonds is 8. The molecule has 0 spiro atoms. The minimum atomic E-state index is -0.0274. The van der Waals surface area contributed by atoms with Gasteiger partial charge in [0, 0.05) is 45.6 Å². The summed E-state index contributed by atoms with van der Waals surface area (Å²) in [6.45, 7) is 2.09. The van der Waals surface area contributed by atoms with Gasteiger partial charge in [-0.2, -0.15) is 0 Å². The molecular weight excluding hydrogens is 465 g/mol. The number of aryl methyl sites for hydroxylation is 2. The van der Waals surface area contributed by atoms with Crippen molar-refractivity contribution in [1.82, 2.24) is 20.5 Å². The van der Waals surface area contributed by atoms with Crippen LogP contribution in [0.3, 0.4) is 0 Å². The molecule has 0 atom stereocenters. The topological polar surface area (TPSA) is 78.8 Å². The number of fused-ring (bicyclic) bond motifs is 1. The highest BCUT2D eigenvalue weighted by Crippen LogP contribution is 2.26. The third-order valence-electron chi connectivity index (χ3n) is 3.99. The number of nitrogens with zero attached hydrogens (tertiary/aromatic N) is 3. The van der Waals surface area contributed by atoms with E-state index in [0.717, 1.165) is 19.4 Å². The molecule has 0 aliphatic heterocycles. The van der Waals surface area contributed by atoms with Crippen LogP contribution in [0.5, 0.6) is 0 Å². The monoisotopic (exact) mass is 495 g/mol. The number of likely N-dealkylation sites (N-methyl/N-ethyl adjacent to an activating group) is 1. The molecule has 0 saturated carbocycles.